The number of nitrogens with one attached hydrogen (secondary N) is 2. The van der Waals surface area contributed by atoms with E-state index in [2.05, 4.69) is 15.6 Å². The minimum absolute atomic E-state index is 0.0259. The highest BCUT2D eigenvalue weighted by atomic mass is 16.6. The number of hydrogen-bond acceptors (Lipinski definition) is 5. The van der Waals surface area contributed by atoms with Crippen molar-refractivity contribution < 1.29 is 9.72 Å². The van der Waals surface area contributed by atoms with Crippen LogP contribution in [-0.2, 0) is 4.79 Å². The SMILES string of the molecule is C[C@@H](Nc1ccc2cc([N+](=O)[O-])ccc2n1)C(=O)NC(C)(C)C. The van der Waals surface area contributed by atoms with Crippen LogP contribution >= 0.6 is 0 Å². The molecular formula is C16H20N4O3. The quantitative estimate of drug-likeness (QED) is 0.667. The summed E-state index contributed by atoms with van der Waals surface area (Å²) in [6.45, 7) is 7.50. The number of nitro groups is 1. The Hall–Kier alpha value is -2.70. The minimum Gasteiger partial charge on any atom is -0.359 e. The van der Waals surface area contributed by atoms with Crippen LogP contribution in [0, 0.1) is 10.1 Å². The van der Waals surface area contributed by atoms with E-state index in [-0.39, 0.29) is 17.1 Å². The third-order valence-electron chi connectivity index (χ3n) is 3.14. The van der Waals surface area contributed by atoms with E-state index in [9.17, 15) is 14.9 Å². The smallest absolute Gasteiger partial charge is 0.270 e. The largest absolute Gasteiger partial charge is 0.359 e. The number of rotatable bonds is 4. The van der Waals surface area contributed by atoms with Gasteiger partial charge in [0.15, 0.2) is 0 Å². The maximum Gasteiger partial charge on any atom is 0.270 e. The van der Waals surface area contributed by atoms with Crippen LogP contribution in [0.15, 0.2) is 30.3 Å². The topological polar surface area (TPSA) is 97.2 Å². The molecule has 0 saturated carbocycles. The number of amides is 1. The summed E-state index contributed by atoms with van der Waals surface area (Å²) < 4.78 is 0. The Morgan fingerprint density at radius 2 is 1.96 bits per heavy atom. The number of nitro benzene ring substituents is 1. The highest BCUT2D eigenvalue weighted by Gasteiger charge is 2.19. The molecule has 0 saturated heterocycles. The Kier molecular flexibility index (Phi) is 4.49. The van der Waals surface area contributed by atoms with Crippen molar-refractivity contribution in [3.8, 4) is 0 Å². The summed E-state index contributed by atoms with van der Waals surface area (Å²) in [6, 6.07) is 7.48. The van der Waals surface area contributed by atoms with E-state index in [1.807, 2.05) is 20.8 Å². The number of carbonyl (C=O) groups excluding carboxylic acids is 1. The number of hydrogen-bond donors (Lipinski definition) is 2. The second kappa shape index (κ2) is 6.20. The van der Waals surface area contributed by atoms with Gasteiger partial charge in [-0.25, -0.2) is 4.98 Å². The van der Waals surface area contributed by atoms with Gasteiger partial charge in [0.25, 0.3) is 5.69 Å². The molecule has 1 aromatic heterocycles. The zero-order valence-corrected chi connectivity index (χ0v) is 13.6. The molecule has 0 bridgehead atoms. The van der Waals surface area contributed by atoms with Crippen molar-refractivity contribution >= 4 is 28.3 Å². The third-order valence-corrected chi connectivity index (χ3v) is 3.14. The molecule has 0 fully saturated rings. The van der Waals surface area contributed by atoms with Crippen LogP contribution in [0.1, 0.15) is 27.7 Å². The highest BCUT2D eigenvalue weighted by molar-refractivity contribution is 5.86. The summed E-state index contributed by atoms with van der Waals surface area (Å²) in [4.78, 5) is 26.8. The summed E-state index contributed by atoms with van der Waals surface area (Å²) >= 11 is 0. The Balaban J connectivity index is 2.16. The molecule has 0 spiro atoms. The zero-order valence-electron chi connectivity index (χ0n) is 13.6. The van der Waals surface area contributed by atoms with E-state index >= 15 is 0 Å². The van der Waals surface area contributed by atoms with Gasteiger partial charge in [-0.15, -0.1) is 0 Å². The lowest BCUT2D eigenvalue weighted by Crippen LogP contribution is -2.47. The van der Waals surface area contributed by atoms with Gasteiger partial charge in [-0.1, -0.05) is 0 Å². The van der Waals surface area contributed by atoms with Gasteiger partial charge < -0.3 is 10.6 Å². The van der Waals surface area contributed by atoms with Crippen LogP contribution in [0.3, 0.4) is 0 Å². The number of benzene rings is 1. The lowest BCUT2D eigenvalue weighted by Gasteiger charge is -2.24. The van der Waals surface area contributed by atoms with Crippen molar-refractivity contribution in [1.82, 2.24) is 10.3 Å². The molecule has 122 valence electrons. The monoisotopic (exact) mass is 316 g/mol. The molecule has 2 rings (SSSR count). The fraction of sp³-hybridized carbons (Fsp3) is 0.375. The average molecular weight is 316 g/mol. The molecule has 0 aliphatic carbocycles. The number of pyridine rings is 1. The first-order valence-corrected chi connectivity index (χ1v) is 7.29. The molecule has 2 N–H and O–H groups in total. The van der Waals surface area contributed by atoms with Crippen molar-refractivity contribution in [2.75, 3.05) is 5.32 Å². The second-order valence-corrected chi connectivity index (χ2v) is 6.44. The third kappa shape index (κ3) is 4.38. The molecule has 23 heavy (non-hydrogen) atoms. The standard InChI is InChI=1S/C16H20N4O3/c1-10(15(21)19-16(2,3)4)17-14-8-5-11-9-12(20(22)23)6-7-13(11)18-14/h5-10H,1-4H3,(H,17,18)(H,19,21)/t10-/m1/s1. The molecule has 0 radical (unpaired) electrons. The fourth-order valence-corrected chi connectivity index (χ4v) is 2.07. The van der Waals surface area contributed by atoms with Crippen LogP contribution in [0.2, 0.25) is 0 Å². The van der Waals surface area contributed by atoms with E-state index in [4.69, 9.17) is 0 Å². The average Bonchev–Trinajstić information content (AvgIpc) is 2.44. The van der Waals surface area contributed by atoms with Gasteiger partial charge in [0.1, 0.15) is 11.9 Å². The zero-order chi connectivity index (χ0) is 17.2. The van der Waals surface area contributed by atoms with Crippen molar-refractivity contribution in [2.45, 2.75) is 39.3 Å². The Morgan fingerprint density at radius 1 is 1.26 bits per heavy atom. The van der Waals surface area contributed by atoms with Crippen LogP contribution in [0.25, 0.3) is 10.9 Å². The first kappa shape index (κ1) is 16.7. The van der Waals surface area contributed by atoms with E-state index in [1.165, 1.54) is 12.1 Å². The Bertz CT molecular complexity index is 753. The predicted octanol–water partition coefficient (Wildman–Crippen LogP) is 2.86. The molecule has 1 amide bonds. The molecule has 0 aliphatic rings. The van der Waals surface area contributed by atoms with Crippen molar-refractivity contribution in [3.05, 3.63) is 40.4 Å². The minimum atomic E-state index is -0.447. The van der Waals surface area contributed by atoms with Gasteiger partial charge in [0.05, 0.1) is 10.4 Å². The second-order valence-electron chi connectivity index (χ2n) is 6.44. The maximum absolute atomic E-state index is 12.1. The summed E-state index contributed by atoms with van der Waals surface area (Å²) in [5.74, 6) is 0.422. The highest BCUT2D eigenvalue weighted by Crippen LogP contribution is 2.21. The van der Waals surface area contributed by atoms with Crippen LogP contribution < -0.4 is 10.6 Å². The van der Waals surface area contributed by atoms with Crippen molar-refractivity contribution in [1.29, 1.82) is 0 Å². The number of carbonyl (C=O) groups is 1. The van der Waals surface area contributed by atoms with Gasteiger partial charge in [0, 0.05) is 23.1 Å². The molecular weight excluding hydrogens is 296 g/mol. The first-order valence-electron chi connectivity index (χ1n) is 7.29. The number of non-ortho nitro benzene ring substituents is 1. The Labute approximate surface area is 134 Å². The van der Waals surface area contributed by atoms with Gasteiger partial charge in [0.2, 0.25) is 5.91 Å². The van der Waals surface area contributed by atoms with Crippen molar-refractivity contribution in [3.63, 3.8) is 0 Å². The normalized spacial score (nSPS) is 12.7. The molecule has 0 aliphatic heterocycles. The van der Waals surface area contributed by atoms with Gasteiger partial charge in [-0.3, -0.25) is 14.9 Å². The Morgan fingerprint density at radius 3 is 2.57 bits per heavy atom. The van der Waals surface area contributed by atoms with Gasteiger partial charge in [-0.05, 0) is 45.9 Å². The van der Waals surface area contributed by atoms with E-state index in [0.717, 1.165) is 0 Å². The number of anilines is 1. The molecule has 7 nitrogen and oxygen atoms in total. The molecule has 2 aromatic rings. The van der Waals surface area contributed by atoms with Gasteiger partial charge >= 0.3 is 0 Å². The summed E-state index contributed by atoms with van der Waals surface area (Å²) in [5, 5.41) is 17.4. The number of fused-ring (bicyclic) bond motifs is 1. The van der Waals surface area contributed by atoms with Crippen LogP contribution in [0.5, 0.6) is 0 Å². The molecule has 1 aromatic carbocycles. The van der Waals surface area contributed by atoms with E-state index in [1.54, 1.807) is 25.1 Å². The van der Waals surface area contributed by atoms with Crippen LogP contribution in [0.4, 0.5) is 11.5 Å². The van der Waals surface area contributed by atoms with Crippen molar-refractivity contribution in [2.24, 2.45) is 0 Å². The van der Waals surface area contributed by atoms with E-state index < -0.39 is 11.0 Å². The lowest BCUT2D eigenvalue weighted by atomic mass is 10.1. The number of aromatic nitrogens is 1. The summed E-state index contributed by atoms with van der Waals surface area (Å²) in [5.41, 5.74) is 0.352. The molecule has 1 heterocycles. The molecule has 0 unspecified atom stereocenters. The first-order chi connectivity index (χ1) is 10.7. The van der Waals surface area contributed by atoms with Crippen LogP contribution in [-0.4, -0.2) is 27.4 Å². The maximum atomic E-state index is 12.1. The van der Waals surface area contributed by atoms with Gasteiger partial charge in [-0.2, -0.15) is 0 Å². The summed E-state index contributed by atoms with van der Waals surface area (Å²) in [6.07, 6.45) is 0. The fourth-order valence-electron chi connectivity index (χ4n) is 2.07. The summed E-state index contributed by atoms with van der Waals surface area (Å²) in [7, 11) is 0. The lowest BCUT2D eigenvalue weighted by molar-refractivity contribution is -0.384. The number of nitrogens with zero attached hydrogens (tertiary/aromatic N) is 2. The molecule has 1 atom stereocenters. The van der Waals surface area contributed by atoms with E-state index in [0.29, 0.717) is 16.7 Å². The molecule has 7 heteroatoms. The predicted molar refractivity (Wildman–Crippen MR) is 89.4 cm³/mol.